The first-order valence-corrected chi connectivity index (χ1v) is 6.61. The molecule has 0 saturated carbocycles. The topological polar surface area (TPSA) is 22.1 Å². The Morgan fingerprint density at radius 1 is 1.00 bits per heavy atom. The Bertz CT molecular complexity index is 747. The molecule has 0 atom stereocenters. The van der Waals surface area contributed by atoms with Gasteiger partial charge in [-0.25, -0.2) is 4.98 Å². The van der Waals surface area contributed by atoms with Crippen LogP contribution in [0.5, 0.6) is 5.75 Å². The summed E-state index contributed by atoms with van der Waals surface area (Å²) in [6, 6.07) is 14.4. The Hall–Kier alpha value is -2.09. The van der Waals surface area contributed by atoms with Crippen molar-refractivity contribution in [1.29, 1.82) is 0 Å². The third-order valence-corrected chi connectivity index (χ3v) is 3.28. The minimum atomic E-state index is 0.185. The first-order chi connectivity index (χ1) is 9.15. The number of benzene rings is 2. The lowest BCUT2D eigenvalue weighted by Gasteiger charge is -2.14. The molecule has 1 aromatic heterocycles. The van der Waals surface area contributed by atoms with Crippen molar-refractivity contribution in [3.63, 3.8) is 0 Å². The summed E-state index contributed by atoms with van der Waals surface area (Å²) in [5.41, 5.74) is 3.21. The van der Waals surface area contributed by atoms with E-state index in [9.17, 15) is 0 Å². The minimum Gasteiger partial charge on any atom is -0.491 e. The number of hydrogen-bond acceptors (Lipinski definition) is 2. The van der Waals surface area contributed by atoms with Crippen molar-refractivity contribution in [2.45, 2.75) is 26.9 Å². The zero-order chi connectivity index (χ0) is 13.4. The zero-order valence-corrected chi connectivity index (χ0v) is 11.5. The molecule has 19 heavy (non-hydrogen) atoms. The first kappa shape index (κ1) is 12.0. The SMILES string of the molecule is Cc1c(OC(C)C)ccc2nc3ccccc3cc12. The molecule has 96 valence electrons. The number of ether oxygens (including phenoxy) is 1. The summed E-state index contributed by atoms with van der Waals surface area (Å²) in [7, 11) is 0. The third-order valence-electron chi connectivity index (χ3n) is 3.28. The van der Waals surface area contributed by atoms with Crippen LogP contribution in [-0.2, 0) is 0 Å². The number of pyridine rings is 1. The Balaban J connectivity index is 2.26. The highest BCUT2D eigenvalue weighted by Gasteiger charge is 2.08. The Kier molecular flexibility index (Phi) is 2.86. The number of hydrogen-bond donors (Lipinski definition) is 0. The second kappa shape index (κ2) is 4.54. The van der Waals surface area contributed by atoms with E-state index in [-0.39, 0.29) is 6.10 Å². The van der Waals surface area contributed by atoms with Crippen molar-refractivity contribution in [2.24, 2.45) is 0 Å². The Morgan fingerprint density at radius 3 is 2.58 bits per heavy atom. The minimum absolute atomic E-state index is 0.185. The maximum Gasteiger partial charge on any atom is 0.123 e. The maximum absolute atomic E-state index is 5.84. The molecule has 0 spiro atoms. The van der Waals surface area contributed by atoms with Crippen LogP contribution in [0.2, 0.25) is 0 Å². The van der Waals surface area contributed by atoms with Gasteiger partial charge in [0.15, 0.2) is 0 Å². The van der Waals surface area contributed by atoms with E-state index in [2.05, 4.69) is 19.1 Å². The van der Waals surface area contributed by atoms with Gasteiger partial charge in [-0.15, -0.1) is 0 Å². The summed E-state index contributed by atoms with van der Waals surface area (Å²) < 4.78 is 5.84. The molecule has 0 fully saturated rings. The number of rotatable bonds is 2. The largest absolute Gasteiger partial charge is 0.491 e. The zero-order valence-electron chi connectivity index (χ0n) is 11.5. The van der Waals surface area contributed by atoms with Crippen LogP contribution in [0.1, 0.15) is 19.4 Å². The van der Waals surface area contributed by atoms with Crippen LogP contribution >= 0.6 is 0 Å². The average Bonchev–Trinajstić information content (AvgIpc) is 2.40. The van der Waals surface area contributed by atoms with Crippen molar-refractivity contribution in [2.75, 3.05) is 0 Å². The molecule has 0 aliphatic heterocycles. The fourth-order valence-electron chi connectivity index (χ4n) is 2.35. The molecule has 2 aromatic carbocycles. The van der Waals surface area contributed by atoms with Crippen LogP contribution in [0.4, 0.5) is 0 Å². The summed E-state index contributed by atoms with van der Waals surface area (Å²) in [4.78, 5) is 4.70. The smallest absolute Gasteiger partial charge is 0.123 e. The van der Waals surface area contributed by atoms with Gasteiger partial charge in [0.05, 0.1) is 17.1 Å². The van der Waals surface area contributed by atoms with Crippen molar-refractivity contribution < 1.29 is 4.74 Å². The lowest BCUT2D eigenvalue weighted by atomic mass is 10.1. The van der Waals surface area contributed by atoms with Gasteiger partial charge in [-0.2, -0.15) is 0 Å². The van der Waals surface area contributed by atoms with E-state index in [4.69, 9.17) is 9.72 Å². The number of aromatic nitrogens is 1. The van der Waals surface area contributed by atoms with Gasteiger partial charge in [0.1, 0.15) is 5.75 Å². The van der Waals surface area contributed by atoms with Crippen LogP contribution in [-0.4, -0.2) is 11.1 Å². The summed E-state index contributed by atoms with van der Waals surface area (Å²) in [5.74, 6) is 0.944. The molecular formula is C17H17NO. The molecule has 3 aromatic rings. The number of nitrogens with zero attached hydrogens (tertiary/aromatic N) is 1. The molecule has 0 radical (unpaired) electrons. The molecule has 0 N–H and O–H groups in total. The summed E-state index contributed by atoms with van der Waals surface area (Å²) >= 11 is 0. The molecule has 0 aliphatic carbocycles. The van der Waals surface area contributed by atoms with Crippen LogP contribution in [0, 0.1) is 6.92 Å². The van der Waals surface area contributed by atoms with E-state index >= 15 is 0 Å². The normalized spacial score (nSPS) is 11.4. The lowest BCUT2D eigenvalue weighted by Crippen LogP contribution is -2.06. The molecule has 0 bridgehead atoms. The highest BCUT2D eigenvalue weighted by molar-refractivity contribution is 5.95. The molecular weight excluding hydrogens is 234 g/mol. The van der Waals surface area contributed by atoms with Crippen LogP contribution < -0.4 is 4.74 Å². The van der Waals surface area contributed by atoms with Crippen molar-refractivity contribution in [3.05, 3.63) is 48.0 Å². The van der Waals surface area contributed by atoms with Gasteiger partial charge in [0, 0.05) is 16.3 Å². The standard InChI is InChI=1S/C17H17NO/c1-11(2)19-17-9-8-16-14(12(17)3)10-13-6-4-5-7-15(13)18-16/h4-11H,1-3H3. The van der Waals surface area contributed by atoms with Gasteiger partial charge in [-0.3, -0.25) is 0 Å². The summed E-state index contributed by atoms with van der Waals surface area (Å²) in [6.07, 6.45) is 0.185. The van der Waals surface area contributed by atoms with Crippen LogP contribution in [0.3, 0.4) is 0 Å². The second-order valence-corrected chi connectivity index (χ2v) is 5.10. The highest BCUT2D eigenvalue weighted by atomic mass is 16.5. The fraction of sp³-hybridized carbons (Fsp3) is 0.235. The highest BCUT2D eigenvalue weighted by Crippen LogP contribution is 2.29. The maximum atomic E-state index is 5.84. The Morgan fingerprint density at radius 2 is 1.79 bits per heavy atom. The number of para-hydroxylation sites is 1. The van der Waals surface area contributed by atoms with E-state index < -0.39 is 0 Å². The van der Waals surface area contributed by atoms with E-state index in [1.54, 1.807) is 0 Å². The van der Waals surface area contributed by atoms with E-state index in [1.807, 2.05) is 44.2 Å². The molecule has 2 heteroatoms. The van der Waals surface area contributed by atoms with E-state index in [0.717, 1.165) is 27.7 Å². The molecule has 0 aliphatic rings. The van der Waals surface area contributed by atoms with Crippen LogP contribution in [0.15, 0.2) is 42.5 Å². The molecule has 0 saturated heterocycles. The van der Waals surface area contributed by atoms with E-state index in [0.29, 0.717) is 0 Å². The van der Waals surface area contributed by atoms with E-state index in [1.165, 1.54) is 5.39 Å². The van der Waals surface area contributed by atoms with Gasteiger partial charge < -0.3 is 4.74 Å². The van der Waals surface area contributed by atoms with Gasteiger partial charge in [0.25, 0.3) is 0 Å². The number of fused-ring (bicyclic) bond motifs is 2. The molecule has 2 nitrogen and oxygen atoms in total. The van der Waals surface area contributed by atoms with Crippen LogP contribution in [0.25, 0.3) is 21.8 Å². The van der Waals surface area contributed by atoms with Gasteiger partial charge in [-0.1, -0.05) is 18.2 Å². The molecule has 1 heterocycles. The predicted octanol–water partition coefficient (Wildman–Crippen LogP) is 4.48. The quantitative estimate of drug-likeness (QED) is 0.626. The monoisotopic (exact) mass is 251 g/mol. The van der Waals surface area contributed by atoms with Crippen molar-refractivity contribution in [3.8, 4) is 5.75 Å². The Labute approximate surface area is 113 Å². The van der Waals surface area contributed by atoms with Crippen molar-refractivity contribution >= 4 is 21.8 Å². The molecule has 3 rings (SSSR count). The van der Waals surface area contributed by atoms with Gasteiger partial charge >= 0.3 is 0 Å². The summed E-state index contributed by atoms with van der Waals surface area (Å²) in [6.45, 7) is 6.18. The fourth-order valence-corrected chi connectivity index (χ4v) is 2.35. The summed E-state index contributed by atoms with van der Waals surface area (Å²) in [5, 5.41) is 2.33. The first-order valence-electron chi connectivity index (χ1n) is 6.61. The van der Waals surface area contributed by atoms with Crippen molar-refractivity contribution in [1.82, 2.24) is 4.98 Å². The van der Waals surface area contributed by atoms with Gasteiger partial charge in [-0.05, 0) is 45.0 Å². The predicted molar refractivity (Wildman–Crippen MR) is 79.8 cm³/mol. The number of aryl methyl sites for hydroxylation is 1. The average molecular weight is 251 g/mol. The second-order valence-electron chi connectivity index (χ2n) is 5.10. The molecule has 0 amide bonds. The third kappa shape index (κ3) is 2.14. The molecule has 0 unspecified atom stereocenters. The lowest BCUT2D eigenvalue weighted by molar-refractivity contribution is 0.241. The van der Waals surface area contributed by atoms with Gasteiger partial charge in [0.2, 0.25) is 0 Å².